The van der Waals surface area contributed by atoms with Crippen molar-refractivity contribution in [3.8, 4) is 0 Å². The molecule has 0 aliphatic rings. The van der Waals surface area contributed by atoms with Gasteiger partial charge in [-0.1, -0.05) is 6.07 Å². The van der Waals surface area contributed by atoms with Gasteiger partial charge in [-0.15, -0.1) is 0 Å². The lowest BCUT2D eigenvalue weighted by atomic mass is 10.1. The third-order valence-electron chi connectivity index (χ3n) is 3.29. The van der Waals surface area contributed by atoms with Crippen LogP contribution in [0.2, 0.25) is 0 Å². The van der Waals surface area contributed by atoms with Crippen molar-refractivity contribution in [3.05, 3.63) is 63.5 Å². The molecule has 2 aromatic carbocycles. The van der Waals surface area contributed by atoms with Crippen molar-refractivity contribution < 1.29 is 18.9 Å². The Hall–Kier alpha value is -3.29. The van der Waals surface area contributed by atoms with Gasteiger partial charge in [0.25, 0.3) is 11.6 Å². The number of halogens is 1. The van der Waals surface area contributed by atoms with Gasteiger partial charge in [0.05, 0.1) is 21.9 Å². The summed E-state index contributed by atoms with van der Waals surface area (Å²) in [4.78, 5) is 33.7. The minimum Gasteiger partial charge on any atom is -0.324 e. The number of nitrogens with zero attached hydrogens (tertiary/aromatic N) is 1. The quantitative estimate of drug-likeness (QED) is 0.663. The van der Waals surface area contributed by atoms with Gasteiger partial charge in [-0.05, 0) is 31.2 Å². The average molecular weight is 331 g/mol. The fourth-order valence-corrected chi connectivity index (χ4v) is 2.10. The van der Waals surface area contributed by atoms with Crippen LogP contribution in [0.1, 0.15) is 22.8 Å². The van der Waals surface area contributed by atoms with Crippen molar-refractivity contribution in [1.29, 1.82) is 0 Å². The molecule has 2 rings (SSSR count). The van der Waals surface area contributed by atoms with Gasteiger partial charge in [0.2, 0.25) is 5.91 Å². The Labute approximate surface area is 136 Å². The molecule has 0 fully saturated rings. The first-order valence-corrected chi connectivity index (χ1v) is 6.92. The van der Waals surface area contributed by atoms with Crippen molar-refractivity contribution in [3.63, 3.8) is 0 Å². The lowest BCUT2D eigenvalue weighted by molar-refractivity contribution is -0.385. The first kappa shape index (κ1) is 17.1. The largest absolute Gasteiger partial charge is 0.324 e. The summed E-state index contributed by atoms with van der Waals surface area (Å²) in [6.45, 7) is 2.74. The number of nitro groups is 1. The van der Waals surface area contributed by atoms with E-state index in [1.54, 1.807) is 0 Å². The number of carbonyl (C=O) groups excluding carboxylic acids is 2. The summed E-state index contributed by atoms with van der Waals surface area (Å²) in [6.07, 6.45) is 0. The molecule has 7 nitrogen and oxygen atoms in total. The number of benzene rings is 2. The summed E-state index contributed by atoms with van der Waals surface area (Å²) >= 11 is 0. The molecule has 0 unspecified atom stereocenters. The van der Waals surface area contributed by atoms with E-state index in [9.17, 15) is 24.1 Å². The molecule has 0 spiro atoms. The number of nitrogens with one attached hydrogen (secondary N) is 2. The Balaban J connectivity index is 2.29. The van der Waals surface area contributed by atoms with E-state index in [4.69, 9.17) is 0 Å². The van der Waals surface area contributed by atoms with Crippen LogP contribution in [0, 0.1) is 22.9 Å². The van der Waals surface area contributed by atoms with Crippen molar-refractivity contribution in [2.24, 2.45) is 0 Å². The number of nitro benzene ring substituents is 1. The fourth-order valence-electron chi connectivity index (χ4n) is 2.10. The predicted molar refractivity (Wildman–Crippen MR) is 86.5 cm³/mol. The third kappa shape index (κ3) is 3.72. The summed E-state index contributed by atoms with van der Waals surface area (Å²) in [7, 11) is 0. The molecule has 0 aromatic heterocycles. The van der Waals surface area contributed by atoms with E-state index < -0.39 is 22.6 Å². The highest BCUT2D eigenvalue weighted by molar-refractivity contribution is 6.05. The number of anilines is 2. The van der Waals surface area contributed by atoms with Gasteiger partial charge in [0.1, 0.15) is 5.82 Å². The van der Waals surface area contributed by atoms with E-state index >= 15 is 0 Å². The summed E-state index contributed by atoms with van der Waals surface area (Å²) in [6, 6.07) is 7.81. The topological polar surface area (TPSA) is 101 Å². The fraction of sp³-hybridized carbons (Fsp3) is 0.125. The number of hydrogen-bond acceptors (Lipinski definition) is 4. The Morgan fingerprint density at radius 3 is 2.46 bits per heavy atom. The molecule has 0 saturated carbocycles. The first-order chi connectivity index (χ1) is 11.3. The highest BCUT2D eigenvalue weighted by atomic mass is 19.1. The SMILES string of the molecule is CC(=O)Nc1cc(C(=O)Nc2cccc([N+](=O)[O-])c2C)ccc1F. The number of carbonyl (C=O) groups is 2. The molecule has 2 amide bonds. The molecule has 0 saturated heterocycles. The standard InChI is InChI=1S/C16H14FN3O4/c1-9-13(4-3-5-15(9)20(23)24)19-16(22)11-6-7-12(17)14(8-11)18-10(2)21/h3-8H,1-2H3,(H,18,21)(H,19,22). The maximum Gasteiger partial charge on any atom is 0.274 e. The molecule has 0 bridgehead atoms. The second kappa shape index (κ2) is 6.86. The van der Waals surface area contributed by atoms with Crippen molar-refractivity contribution in [1.82, 2.24) is 0 Å². The van der Waals surface area contributed by atoms with Crippen LogP contribution in [0.5, 0.6) is 0 Å². The Kier molecular flexibility index (Phi) is 4.88. The maximum atomic E-state index is 13.6. The molecule has 0 atom stereocenters. The highest BCUT2D eigenvalue weighted by Crippen LogP contribution is 2.26. The molecule has 0 aliphatic heterocycles. The number of rotatable bonds is 4. The molecule has 2 aromatic rings. The molecule has 0 aliphatic carbocycles. The Bertz CT molecular complexity index is 836. The predicted octanol–water partition coefficient (Wildman–Crippen LogP) is 3.25. The zero-order chi connectivity index (χ0) is 17.9. The zero-order valence-electron chi connectivity index (χ0n) is 12.9. The second-order valence-electron chi connectivity index (χ2n) is 5.04. The minimum absolute atomic E-state index is 0.103. The lowest BCUT2D eigenvalue weighted by Crippen LogP contribution is -2.15. The molecular formula is C16H14FN3O4. The third-order valence-corrected chi connectivity index (χ3v) is 3.29. The summed E-state index contributed by atoms with van der Waals surface area (Å²) < 4.78 is 13.6. The molecule has 2 N–H and O–H groups in total. The molecule has 0 heterocycles. The van der Waals surface area contributed by atoms with Crippen LogP contribution in [0.3, 0.4) is 0 Å². The summed E-state index contributed by atoms with van der Waals surface area (Å²) in [5.41, 5.74) is 0.447. The smallest absolute Gasteiger partial charge is 0.274 e. The van der Waals surface area contributed by atoms with Crippen LogP contribution in [-0.2, 0) is 4.79 Å². The van der Waals surface area contributed by atoms with E-state index in [1.165, 1.54) is 44.2 Å². The van der Waals surface area contributed by atoms with Gasteiger partial charge in [0.15, 0.2) is 0 Å². The molecule has 24 heavy (non-hydrogen) atoms. The number of amides is 2. The van der Waals surface area contributed by atoms with Crippen LogP contribution in [0.25, 0.3) is 0 Å². The maximum absolute atomic E-state index is 13.6. The highest BCUT2D eigenvalue weighted by Gasteiger charge is 2.16. The minimum atomic E-state index is -0.673. The number of hydrogen-bond donors (Lipinski definition) is 2. The van der Waals surface area contributed by atoms with Crippen LogP contribution in [0.4, 0.5) is 21.5 Å². The molecular weight excluding hydrogens is 317 g/mol. The monoisotopic (exact) mass is 331 g/mol. The van der Waals surface area contributed by atoms with Crippen LogP contribution in [-0.4, -0.2) is 16.7 Å². The lowest BCUT2D eigenvalue weighted by Gasteiger charge is -2.10. The van der Waals surface area contributed by atoms with E-state index in [0.29, 0.717) is 5.56 Å². The van der Waals surface area contributed by atoms with Gasteiger partial charge in [0, 0.05) is 18.6 Å². The molecule has 8 heteroatoms. The van der Waals surface area contributed by atoms with E-state index in [0.717, 1.165) is 6.07 Å². The van der Waals surface area contributed by atoms with E-state index in [2.05, 4.69) is 10.6 Å². The average Bonchev–Trinajstić information content (AvgIpc) is 2.50. The first-order valence-electron chi connectivity index (χ1n) is 6.92. The summed E-state index contributed by atoms with van der Waals surface area (Å²) in [5, 5.41) is 15.8. The summed E-state index contributed by atoms with van der Waals surface area (Å²) in [5.74, 6) is -1.72. The van der Waals surface area contributed by atoms with Gasteiger partial charge < -0.3 is 10.6 Å². The molecule has 0 radical (unpaired) electrons. The zero-order valence-corrected chi connectivity index (χ0v) is 12.9. The van der Waals surface area contributed by atoms with Gasteiger partial charge in [-0.2, -0.15) is 0 Å². The Morgan fingerprint density at radius 2 is 1.83 bits per heavy atom. The van der Waals surface area contributed by atoms with Crippen LogP contribution >= 0.6 is 0 Å². The Morgan fingerprint density at radius 1 is 1.12 bits per heavy atom. The van der Waals surface area contributed by atoms with Crippen molar-refractivity contribution in [2.75, 3.05) is 10.6 Å². The normalized spacial score (nSPS) is 10.1. The van der Waals surface area contributed by atoms with Gasteiger partial charge in [-0.25, -0.2) is 4.39 Å². The van der Waals surface area contributed by atoms with Crippen molar-refractivity contribution >= 4 is 28.9 Å². The van der Waals surface area contributed by atoms with Gasteiger partial charge >= 0.3 is 0 Å². The second-order valence-corrected chi connectivity index (χ2v) is 5.04. The van der Waals surface area contributed by atoms with Crippen LogP contribution < -0.4 is 10.6 Å². The van der Waals surface area contributed by atoms with Crippen LogP contribution in [0.15, 0.2) is 36.4 Å². The van der Waals surface area contributed by atoms with Crippen molar-refractivity contribution in [2.45, 2.75) is 13.8 Å². The van der Waals surface area contributed by atoms with E-state index in [1.807, 2.05) is 0 Å². The molecule has 124 valence electrons. The van der Waals surface area contributed by atoms with E-state index in [-0.39, 0.29) is 22.6 Å². The van der Waals surface area contributed by atoms with Gasteiger partial charge in [-0.3, -0.25) is 19.7 Å².